The van der Waals surface area contributed by atoms with Crippen LogP contribution in [0.3, 0.4) is 0 Å². The Morgan fingerprint density at radius 1 is 1.21 bits per heavy atom. The van der Waals surface area contributed by atoms with Crippen molar-refractivity contribution in [2.45, 2.75) is 47.1 Å². The first-order chi connectivity index (χ1) is 13.3. The molecule has 0 saturated carbocycles. The number of hydrogen-bond donors (Lipinski definition) is 1. The highest BCUT2D eigenvalue weighted by Gasteiger charge is 2.12. The van der Waals surface area contributed by atoms with Gasteiger partial charge in [0, 0.05) is 24.6 Å². The standard InChI is InChI=1S/C19H23N5O3S/c1-11-15(13(3)27-23-11)5-7-17(25)20-9-10-24-18(26)8-6-16(22-24)19-12(2)21-14(4)28-19/h6,8H,5,7,9-10H2,1-4H3,(H,20,25). The van der Waals surface area contributed by atoms with E-state index in [2.05, 4.69) is 20.6 Å². The van der Waals surface area contributed by atoms with Gasteiger partial charge in [-0.25, -0.2) is 9.67 Å². The third-order valence-electron chi connectivity index (χ3n) is 4.43. The van der Waals surface area contributed by atoms with Crippen LogP contribution in [0.4, 0.5) is 0 Å². The maximum Gasteiger partial charge on any atom is 0.266 e. The fourth-order valence-corrected chi connectivity index (χ4v) is 3.87. The predicted molar refractivity (Wildman–Crippen MR) is 106 cm³/mol. The van der Waals surface area contributed by atoms with E-state index in [4.69, 9.17) is 4.52 Å². The Kier molecular flexibility index (Phi) is 6.03. The second kappa shape index (κ2) is 8.47. The zero-order valence-corrected chi connectivity index (χ0v) is 17.2. The molecule has 0 atom stereocenters. The number of rotatable bonds is 7. The molecule has 0 aliphatic rings. The van der Waals surface area contributed by atoms with Gasteiger partial charge in [0.05, 0.1) is 27.8 Å². The number of amides is 1. The van der Waals surface area contributed by atoms with Gasteiger partial charge in [-0.15, -0.1) is 11.3 Å². The number of aryl methyl sites for hydroxylation is 4. The molecule has 0 aromatic carbocycles. The van der Waals surface area contributed by atoms with E-state index < -0.39 is 0 Å². The number of nitrogens with zero attached hydrogens (tertiary/aromatic N) is 4. The Morgan fingerprint density at radius 2 is 2.00 bits per heavy atom. The van der Waals surface area contributed by atoms with Gasteiger partial charge in [-0.3, -0.25) is 9.59 Å². The molecule has 0 aliphatic heterocycles. The Hall–Kier alpha value is -2.81. The minimum atomic E-state index is -0.201. The molecule has 9 heteroatoms. The summed E-state index contributed by atoms with van der Waals surface area (Å²) in [5.74, 6) is 0.657. The second-order valence-corrected chi connectivity index (χ2v) is 7.78. The molecule has 0 radical (unpaired) electrons. The average Bonchev–Trinajstić information content (AvgIpc) is 3.15. The molecule has 148 valence electrons. The van der Waals surface area contributed by atoms with Crippen LogP contribution in [0.25, 0.3) is 10.6 Å². The van der Waals surface area contributed by atoms with Crippen molar-refractivity contribution in [1.82, 2.24) is 25.2 Å². The number of carbonyl (C=O) groups is 1. The van der Waals surface area contributed by atoms with E-state index in [-0.39, 0.29) is 11.5 Å². The molecular weight excluding hydrogens is 378 g/mol. The van der Waals surface area contributed by atoms with Gasteiger partial charge in [-0.1, -0.05) is 5.16 Å². The normalized spacial score (nSPS) is 11.0. The van der Waals surface area contributed by atoms with Crippen molar-refractivity contribution in [2.75, 3.05) is 6.54 Å². The molecule has 0 unspecified atom stereocenters. The van der Waals surface area contributed by atoms with Crippen LogP contribution in [0, 0.1) is 27.7 Å². The highest BCUT2D eigenvalue weighted by atomic mass is 32.1. The largest absolute Gasteiger partial charge is 0.361 e. The number of nitrogens with one attached hydrogen (secondary N) is 1. The van der Waals surface area contributed by atoms with E-state index in [1.54, 1.807) is 17.4 Å². The fourth-order valence-electron chi connectivity index (χ4n) is 2.99. The molecule has 3 aromatic rings. The van der Waals surface area contributed by atoms with Gasteiger partial charge >= 0.3 is 0 Å². The molecule has 1 amide bonds. The van der Waals surface area contributed by atoms with E-state index in [0.29, 0.717) is 31.6 Å². The van der Waals surface area contributed by atoms with Crippen LogP contribution in [0.1, 0.15) is 34.1 Å². The first kappa shape index (κ1) is 19.9. The topological polar surface area (TPSA) is 103 Å². The first-order valence-corrected chi connectivity index (χ1v) is 9.88. The van der Waals surface area contributed by atoms with Crippen molar-refractivity contribution in [1.29, 1.82) is 0 Å². The van der Waals surface area contributed by atoms with Gasteiger partial charge in [0.1, 0.15) is 11.5 Å². The Bertz CT molecular complexity index is 1030. The van der Waals surface area contributed by atoms with Gasteiger partial charge in [-0.2, -0.15) is 5.10 Å². The summed E-state index contributed by atoms with van der Waals surface area (Å²) in [5, 5.41) is 12.1. The Balaban J connectivity index is 1.57. The third-order valence-corrected chi connectivity index (χ3v) is 5.53. The summed E-state index contributed by atoms with van der Waals surface area (Å²) in [6.07, 6.45) is 0.912. The summed E-state index contributed by atoms with van der Waals surface area (Å²) in [5.41, 5.74) is 3.19. The van der Waals surface area contributed by atoms with Crippen LogP contribution in [0.15, 0.2) is 21.5 Å². The van der Waals surface area contributed by atoms with Crippen molar-refractivity contribution >= 4 is 17.2 Å². The van der Waals surface area contributed by atoms with Crippen molar-refractivity contribution in [3.05, 3.63) is 50.2 Å². The molecule has 0 saturated heterocycles. The van der Waals surface area contributed by atoms with Gasteiger partial charge in [0.25, 0.3) is 5.56 Å². The van der Waals surface area contributed by atoms with Gasteiger partial charge in [0.15, 0.2) is 0 Å². The molecule has 0 bridgehead atoms. The molecule has 28 heavy (non-hydrogen) atoms. The molecule has 0 spiro atoms. The SMILES string of the molecule is Cc1nc(C)c(-c2ccc(=O)n(CCNC(=O)CCc3c(C)noc3C)n2)s1. The lowest BCUT2D eigenvalue weighted by molar-refractivity contribution is -0.121. The first-order valence-electron chi connectivity index (χ1n) is 9.06. The van der Waals surface area contributed by atoms with Gasteiger partial charge in [-0.05, 0) is 40.2 Å². The number of aromatic nitrogens is 4. The summed E-state index contributed by atoms with van der Waals surface area (Å²) in [7, 11) is 0. The Morgan fingerprint density at radius 3 is 2.64 bits per heavy atom. The minimum Gasteiger partial charge on any atom is -0.361 e. The van der Waals surface area contributed by atoms with Crippen LogP contribution in [-0.2, 0) is 17.8 Å². The van der Waals surface area contributed by atoms with Crippen LogP contribution >= 0.6 is 11.3 Å². The zero-order chi connectivity index (χ0) is 20.3. The summed E-state index contributed by atoms with van der Waals surface area (Å²) in [6, 6.07) is 3.21. The summed E-state index contributed by atoms with van der Waals surface area (Å²) in [6.45, 7) is 8.20. The zero-order valence-electron chi connectivity index (χ0n) is 16.4. The summed E-state index contributed by atoms with van der Waals surface area (Å²) >= 11 is 1.55. The highest BCUT2D eigenvalue weighted by Crippen LogP contribution is 2.27. The lowest BCUT2D eigenvalue weighted by Crippen LogP contribution is -2.32. The van der Waals surface area contributed by atoms with Crippen LogP contribution in [0.2, 0.25) is 0 Å². The van der Waals surface area contributed by atoms with Gasteiger partial charge < -0.3 is 9.84 Å². The smallest absolute Gasteiger partial charge is 0.266 e. The van der Waals surface area contributed by atoms with Crippen molar-refractivity contribution < 1.29 is 9.32 Å². The van der Waals surface area contributed by atoms with Crippen LogP contribution in [-0.4, -0.2) is 32.4 Å². The molecule has 3 heterocycles. The van der Waals surface area contributed by atoms with E-state index >= 15 is 0 Å². The molecule has 1 N–H and O–H groups in total. The van der Waals surface area contributed by atoms with Crippen LogP contribution < -0.4 is 10.9 Å². The highest BCUT2D eigenvalue weighted by molar-refractivity contribution is 7.15. The summed E-state index contributed by atoms with van der Waals surface area (Å²) < 4.78 is 6.48. The number of carbonyl (C=O) groups excluding carboxylic acids is 1. The molecular formula is C19H23N5O3S. The molecule has 3 rings (SSSR count). The minimum absolute atomic E-state index is 0.0851. The molecule has 0 aliphatic carbocycles. The number of thiazole rings is 1. The Labute approximate surface area is 166 Å². The quantitative estimate of drug-likeness (QED) is 0.652. The van der Waals surface area contributed by atoms with Crippen molar-refractivity contribution in [3.63, 3.8) is 0 Å². The third kappa shape index (κ3) is 4.53. The van der Waals surface area contributed by atoms with Crippen LogP contribution in [0.5, 0.6) is 0 Å². The summed E-state index contributed by atoms with van der Waals surface area (Å²) in [4.78, 5) is 29.5. The van der Waals surface area contributed by atoms with Gasteiger partial charge in [0.2, 0.25) is 5.91 Å². The predicted octanol–water partition coefficient (Wildman–Crippen LogP) is 2.34. The maximum atomic E-state index is 12.1. The number of hydrogen-bond acceptors (Lipinski definition) is 7. The van der Waals surface area contributed by atoms with E-state index in [1.807, 2.05) is 27.7 Å². The monoisotopic (exact) mass is 401 g/mol. The second-order valence-electron chi connectivity index (χ2n) is 6.58. The van der Waals surface area contributed by atoms with E-state index in [0.717, 1.165) is 32.6 Å². The fraction of sp³-hybridized carbons (Fsp3) is 0.421. The van der Waals surface area contributed by atoms with E-state index in [1.165, 1.54) is 10.7 Å². The maximum absolute atomic E-state index is 12.1. The average molecular weight is 401 g/mol. The van der Waals surface area contributed by atoms with Crippen molar-refractivity contribution in [2.24, 2.45) is 0 Å². The lowest BCUT2D eigenvalue weighted by Gasteiger charge is -2.08. The molecule has 0 fully saturated rings. The van der Waals surface area contributed by atoms with E-state index in [9.17, 15) is 9.59 Å². The van der Waals surface area contributed by atoms with Crippen molar-refractivity contribution in [3.8, 4) is 10.6 Å². The lowest BCUT2D eigenvalue weighted by atomic mass is 10.1. The molecule has 8 nitrogen and oxygen atoms in total. The molecule has 3 aromatic heterocycles.